The average Bonchev–Trinajstić information content (AvgIpc) is 3.18. The van der Waals surface area contributed by atoms with E-state index in [0.717, 1.165) is 47.3 Å². The quantitative estimate of drug-likeness (QED) is 0.482. The molecule has 4 aromatic rings. The van der Waals surface area contributed by atoms with Gasteiger partial charge in [-0.25, -0.2) is 9.97 Å². The van der Waals surface area contributed by atoms with Gasteiger partial charge in [0.1, 0.15) is 11.5 Å². The number of rotatable bonds is 5. The van der Waals surface area contributed by atoms with E-state index < -0.39 is 0 Å². The number of fused-ring (bicyclic) bond motifs is 4. The summed E-state index contributed by atoms with van der Waals surface area (Å²) in [6.45, 7) is 2.67. The van der Waals surface area contributed by atoms with Crippen LogP contribution in [0.25, 0.3) is 21.9 Å². The molecule has 6 rings (SSSR count). The Balaban J connectivity index is 1.36. The Morgan fingerprint density at radius 3 is 2.82 bits per heavy atom. The van der Waals surface area contributed by atoms with Crippen molar-refractivity contribution >= 4 is 33.7 Å². The second kappa shape index (κ2) is 8.68. The third kappa shape index (κ3) is 3.83. The van der Waals surface area contributed by atoms with Gasteiger partial charge in [0, 0.05) is 55.0 Å². The molecule has 0 bridgehead atoms. The molecule has 0 atom stereocenters. The molecule has 0 saturated heterocycles. The van der Waals surface area contributed by atoms with Crippen LogP contribution in [-0.4, -0.2) is 54.2 Å². The summed E-state index contributed by atoms with van der Waals surface area (Å²) < 4.78 is 2.39. The maximum absolute atomic E-state index is 9.28. The summed E-state index contributed by atoms with van der Waals surface area (Å²) in [6, 6.07) is 4.61. The van der Waals surface area contributed by atoms with Crippen molar-refractivity contribution in [1.82, 2.24) is 29.4 Å². The molecule has 0 amide bonds. The minimum absolute atomic E-state index is 0.184. The van der Waals surface area contributed by atoms with Gasteiger partial charge in [-0.2, -0.15) is 4.98 Å². The van der Waals surface area contributed by atoms with Gasteiger partial charge >= 0.3 is 0 Å². The third-order valence-electron chi connectivity index (χ3n) is 7.12. The molecule has 4 aromatic heterocycles. The Labute approximate surface area is 192 Å². The van der Waals surface area contributed by atoms with Crippen molar-refractivity contribution < 1.29 is 5.11 Å². The molecule has 5 heterocycles. The van der Waals surface area contributed by atoms with Crippen LogP contribution in [-0.2, 0) is 13.0 Å². The summed E-state index contributed by atoms with van der Waals surface area (Å²) in [6.07, 6.45) is 14.8. The van der Waals surface area contributed by atoms with Crippen molar-refractivity contribution in [3.63, 3.8) is 0 Å². The second-order valence-corrected chi connectivity index (χ2v) is 9.20. The van der Waals surface area contributed by atoms with Crippen LogP contribution in [0, 0.1) is 0 Å². The molecule has 8 nitrogen and oxygen atoms in total. The van der Waals surface area contributed by atoms with Crippen LogP contribution in [0.3, 0.4) is 0 Å². The lowest BCUT2D eigenvalue weighted by Gasteiger charge is -2.28. The normalized spacial score (nSPS) is 17.5. The third-order valence-corrected chi connectivity index (χ3v) is 7.12. The lowest BCUT2D eigenvalue weighted by molar-refractivity contribution is 0.184. The average molecular weight is 444 g/mol. The highest BCUT2D eigenvalue weighted by molar-refractivity contribution is 6.06. The van der Waals surface area contributed by atoms with E-state index in [4.69, 9.17) is 4.98 Å². The van der Waals surface area contributed by atoms with Crippen LogP contribution in [0.2, 0.25) is 0 Å². The Bertz CT molecular complexity index is 1290. The summed E-state index contributed by atoms with van der Waals surface area (Å²) >= 11 is 0. The van der Waals surface area contributed by atoms with Gasteiger partial charge in [0.05, 0.1) is 18.3 Å². The van der Waals surface area contributed by atoms with Crippen molar-refractivity contribution in [2.75, 3.05) is 25.0 Å². The van der Waals surface area contributed by atoms with Gasteiger partial charge in [-0.15, -0.1) is 0 Å². The number of hydrogen-bond donors (Lipinski definition) is 2. The number of anilines is 2. The predicted octanol–water partition coefficient (Wildman–Crippen LogP) is 3.97. The number of aromatic nitrogens is 5. The lowest BCUT2D eigenvalue weighted by Crippen LogP contribution is -2.32. The molecule has 0 spiro atoms. The Hall–Kier alpha value is -3.10. The molecule has 2 N–H and O–H groups in total. The highest BCUT2D eigenvalue weighted by atomic mass is 16.3. The second-order valence-electron chi connectivity index (χ2n) is 9.20. The Morgan fingerprint density at radius 2 is 1.94 bits per heavy atom. The van der Waals surface area contributed by atoms with Gasteiger partial charge in [-0.05, 0) is 42.5 Å². The minimum Gasteiger partial charge on any atom is -0.395 e. The fraction of sp³-hybridized carbons (Fsp3) is 0.440. The highest BCUT2D eigenvalue weighted by Crippen LogP contribution is 2.36. The molecule has 170 valence electrons. The van der Waals surface area contributed by atoms with E-state index >= 15 is 0 Å². The van der Waals surface area contributed by atoms with Crippen molar-refractivity contribution in [2.24, 2.45) is 0 Å². The number of nitrogens with zero attached hydrogens (tertiary/aromatic N) is 6. The fourth-order valence-corrected chi connectivity index (χ4v) is 5.45. The smallest absolute Gasteiger partial charge is 0.230 e. The molecule has 1 aliphatic carbocycles. The topological polar surface area (TPSA) is 92.0 Å². The van der Waals surface area contributed by atoms with Crippen LogP contribution < -0.4 is 5.32 Å². The minimum atomic E-state index is 0.184. The zero-order valence-corrected chi connectivity index (χ0v) is 18.7. The molecule has 33 heavy (non-hydrogen) atoms. The summed E-state index contributed by atoms with van der Waals surface area (Å²) in [5.41, 5.74) is 4.63. The van der Waals surface area contributed by atoms with Crippen LogP contribution in [0.15, 0.2) is 36.9 Å². The Kier molecular flexibility index (Phi) is 5.39. The first-order valence-corrected chi connectivity index (χ1v) is 12.0. The van der Waals surface area contributed by atoms with Gasteiger partial charge in [0.2, 0.25) is 5.95 Å². The van der Waals surface area contributed by atoms with Crippen LogP contribution in [0.4, 0.5) is 11.8 Å². The fourth-order valence-electron chi connectivity index (χ4n) is 5.45. The van der Waals surface area contributed by atoms with E-state index in [1.54, 1.807) is 0 Å². The molecule has 1 saturated carbocycles. The van der Waals surface area contributed by atoms with Gasteiger partial charge in [0.25, 0.3) is 0 Å². The standard InChI is InChI=1S/C25H29N7O/c33-11-10-31-9-7-17-13-27-23(12-18(17)16-31)29-25-28-14-21-20-6-8-26-15-22(20)32(24(21)30-25)19-4-2-1-3-5-19/h6,8,12-15,19,33H,1-5,7,9-11,16H2,(H,27,28,29,30). The number of aliphatic hydroxyl groups is 1. The van der Waals surface area contributed by atoms with Crippen LogP contribution >= 0.6 is 0 Å². The number of aliphatic hydroxyl groups excluding tert-OH is 1. The van der Waals surface area contributed by atoms with E-state index in [9.17, 15) is 5.11 Å². The van der Waals surface area contributed by atoms with E-state index in [2.05, 4.69) is 41.9 Å². The number of pyridine rings is 2. The highest BCUT2D eigenvalue weighted by Gasteiger charge is 2.22. The number of β-amino-alcohol motifs (C(OH)–C–C–N with tert-alkyl or cyclic N) is 1. The lowest BCUT2D eigenvalue weighted by atomic mass is 9.95. The van der Waals surface area contributed by atoms with Gasteiger partial charge in [-0.3, -0.25) is 9.88 Å². The Morgan fingerprint density at radius 1 is 1.03 bits per heavy atom. The predicted molar refractivity (Wildman–Crippen MR) is 129 cm³/mol. The van der Waals surface area contributed by atoms with Crippen molar-refractivity contribution in [3.8, 4) is 0 Å². The zero-order chi connectivity index (χ0) is 22.2. The SMILES string of the molecule is OCCN1CCc2cnc(Nc3ncc4c5ccncc5n(C5CCCCC5)c4n3)cc2C1. The maximum Gasteiger partial charge on any atom is 0.230 e. The molecule has 0 aromatic carbocycles. The first-order chi connectivity index (χ1) is 16.3. The van der Waals surface area contributed by atoms with E-state index in [1.165, 1.54) is 43.2 Å². The first-order valence-electron chi connectivity index (χ1n) is 12.0. The molecular formula is C25H29N7O. The molecule has 8 heteroatoms. The molecule has 0 unspecified atom stereocenters. The molecular weight excluding hydrogens is 414 g/mol. The van der Waals surface area contributed by atoms with E-state index in [1.807, 2.05) is 24.8 Å². The zero-order valence-electron chi connectivity index (χ0n) is 18.7. The first kappa shape index (κ1) is 20.5. The van der Waals surface area contributed by atoms with Crippen molar-refractivity contribution in [3.05, 3.63) is 48.0 Å². The summed E-state index contributed by atoms with van der Waals surface area (Å²) in [4.78, 5) is 20.9. The van der Waals surface area contributed by atoms with E-state index in [-0.39, 0.29) is 6.61 Å². The maximum atomic E-state index is 9.28. The van der Waals surface area contributed by atoms with Crippen molar-refractivity contribution in [1.29, 1.82) is 0 Å². The number of hydrogen-bond acceptors (Lipinski definition) is 7. The van der Waals surface area contributed by atoms with E-state index in [0.29, 0.717) is 18.5 Å². The van der Waals surface area contributed by atoms with Gasteiger partial charge < -0.3 is 15.0 Å². The van der Waals surface area contributed by atoms with Gasteiger partial charge in [-0.1, -0.05) is 19.3 Å². The van der Waals surface area contributed by atoms with Crippen molar-refractivity contribution in [2.45, 2.75) is 51.1 Å². The van der Waals surface area contributed by atoms with Crippen LogP contribution in [0.1, 0.15) is 49.3 Å². The molecule has 2 aliphatic rings. The number of nitrogens with one attached hydrogen (secondary N) is 1. The summed E-state index contributed by atoms with van der Waals surface area (Å²) in [5, 5.41) is 14.9. The molecule has 1 fully saturated rings. The summed E-state index contributed by atoms with van der Waals surface area (Å²) in [5.74, 6) is 1.31. The monoisotopic (exact) mass is 443 g/mol. The largest absolute Gasteiger partial charge is 0.395 e. The molecule has 1 aliphatic heterocycles. The molecule has 0 radical (unpaired) electrons. The van der Waals surface area contributed by atoms with Crippen LogP contribution in [0.5, 0.6) is 0 Å². The summed E-state index contributed by atoms with van der Waals surface area (Å²) in [7, 11) is 0. The van der Waals surface area contributed by atoms with Gasteiger partial charge in [0.15, 0.2) is 0 Å².